The predicted molar refractivity (Wildman–Crippen MR) is 107 cm³/mol. The molecule has 0 saturated carbocycles. The second kappa shape index (κ2) is 6.31. The van der Waals surface area contributed by atoms with Gasteiger partial charge in [0.05, 0.1) is 30.4 Å². The van der Waals surface area contributed by atoms with Crippen LogP contribution in [-0.2, 0) is 6.42 Å². The van der Waals surface area contributed by atoms with Crippen LogP contribution in [0.4, 0.5) is 0 Å². The average Bonchev–Trinajstić information content (AvgIpc) is 3.29. The Hall–Kier alpha value is -2.92. The van der Waals surface area contributed by atoms with Crippen LogP contribution in [0.15, 0.2) is 55.0 Å². The number of aliphatic hydroxyl groups is 1. The van der Waals surface area contributed by atoms with Crippen molar-refractivity contribution in [2.24, 2.45) is 5.92 Å². The summed E-state index contributed by atoms with van der Waals surface area (Å²) in [6.45, 7) is 0. The normalized spacial score (nSPS) is 22.3. The highest BCUT2D eigenvalue weighted by Crippen LogP contribution is 2.49. The Morgan fingerprint density at radius 2 is 2.00 bits per heavy atom. The van der Waals surface area contributed by atoms with E-state index < -0.39 is 6.10 Å². The van der Waals surface area contributed by atoms with Gasteiger partial charge in [-0.2, -0.15) is 0 Å². The first kappa shape index (κ1) is 17.2. The fraction of sp³-hybridized carbons (Fsp3) is 0.304. The molecule has 2 heterocycles. The van der Waals surface area contributed by atoms with Gasteiger partial charge in [0.2, 0.25) is 0 Å². The number of rotatable bonds is 2. The van der Waals surface area contributed by atoms with E-state index in [-0.39, 0.29) is 17.9 Å². The standard InChI is InChI=1S/C23H23N3O2/c1-25(2)23(28)15-8-9-16-14(11-15)7-10-19(22(16)27)21-18-6-4-3-5-17(18)20-12-24-13-26(20)21/h3-6,8-9,11-13,19,21-22,27H,7,10H2,1-2H3/t19-,21+,22+/m0/s1. The molecule has 28 heavy (non-hydrogen) atoms. The minimum Gasteiger partial charge on any atom is -0.388 e. The number of carbonyl (C=O) groups is 1. The van der Waals surface area contributed by atoms with Gasteiger partial charge in [-0.15, -0.1) is 0 Å². The highest BCUT2D eigenvalue weighted by atomic mass is 16.3. The Kier molecular flexibility index (Phi) is 3.88. The number of aliphatic hydroxyl groups excluding tert-OH is 1. The van der Waals surface area contributed by atoms with Crippen molar-refractivity contribution in [3.05, 3.63) is 77.2 Å². The van der Waals surface area contributed by atoms with Gasteiger partial charge < -0.3 is 14.6 Å². The summed E-state index contributed by atoms with van der Waals surface area (Å²) in [5, 5.41) is 11.3. The number of amides is 1. The van der Waals surface area contributed by atoms with E-state index in [1.54, 1.807) is 19.0 Å². The summed E-state index contributed by atoms with van der Waals surface area (Å²) in [5.74, 6) is 0.0618. The number of aromatic nitrogens is 2. The number of imidazole rings is 1. The molecule has 3 atom stereocenters. The molecule has 1 aliphatic heterocycles. The van der Waals surface area contributed by atoms with Crippen LogP contribution >= 0.6 is 0 Å². The van der Waals surface area contributed by atoms with E-state index in [4.69, 9.17) is 0 Å². The lowest BCUT2D eigenvalue weighted by Crippen LogP contribution is -2.29. The molecule has 5 heteroatoms. The van der Waals surface area contributed by atoms with Crippen LogP contribution in [0.2, 0.25) is 0 Å². The molecule has 0 saturated heterocycles. The summed E-state index contributed by atoms with van der Waals surface area (Å²) in [5.41, 5.74) is 6.27. The Balaban J connectivity index is 1.53. The van der Waals surface area contributed by atoms with Gasteiger partial charge in [-0.05, 0) is 41.7 Å². The maximum Gasteiger partial charge on any atom is 0.253 e. The van der Waals surface area contributed by atoms with Crippen LogP contribution in [0.3, 0.4) is 0 Å². The van der Waals surface area contributed by atoms with Gasteiger partial charge in [0.25, 0.3) is 5.91 Å². The van der Waals surface area contributed by atoms with Gasteiger partial charge >= 0.3 is 0 Å². The van der Waals surface area contributed by atoms with Gasteiger partial charge in [-0.25, -0.2) is 4.98 Å². The Bertz CT molecular complexity index is 1070. The number of hydrogen-bond acceptors (Lipinski definition) is 3. The van der Waals surface area contributed by atoms with E-state index in [0.29, 0.717) is 5.56 Å². The largest absolute Gasteiger partial charge is 0.388 e. The summed E-state index contributed by atoms with van der Waals surface area (Å²) >= 11 is 0. The van der Waals surface area contributed by atoms with Crippen molar-refractivity contribution in [3.8, 4) is 11.3 Å². The van der Waals surface area contributed by atoms with Crippen molar-refractivity contribution in [2.75, 3.05) is 14.1 Å². The molecule has 2 aromatic carbocycles. The molecule has 1 amide bonds. The zero-order chi connectivity index (χ0) is 19.4. The molecule has 0 radical (unpaired) electrons. The maximum atomic E-state index is 12.3. The van der Waals surface area contributed by atoms with Crippen LogP contribution in [0.1, 0.15) is 45.6 Å². The number of nitrogens with zero attached hydrogens (tertiary/aromatic N) is 3. The molecule has 1 N–H and O–H groups in total. The fourth-order valence-electron chi connectivity index (χ4n) is 4.85. The monoisotopic (exact) mass is 373 g/mol. The highest BCUT2D eigenvalue weighted by Gasteiger charge is 2.40. The van der Waals surface area contributed by atoms with Crippen molar-refractivity contribution in [2.45, 2.75) is 25.0 Å². The molecule has 1 aromatic heterocycles. The van der Waals surface area contributed by atoms with Gasteiger partial charge in [0, 0.05) is 31.1 Å². The van der Waals surface area contributed by atoms with Crippen molar-refractivity contribution in [1.29, 1.82) is 0 Å². The third-order valence-electron chi connectivity index (χ3n) is 6.19. The van der Waals surface area contributed by atoms with Crippen LogP contribution in [0.5, 0.6) is 0 Å². The lowest BCUT2D eigenvalue weighted by molar-refractivity contribution is 0.0717. The Morgan fingerprint density at radius 3 is 2.82 bits per heavy atom. The topological polar surface area (TPSA) is 58.4 Å². The van der Waals surface area contributed by atoms with Crippen LogP contribution in [-0.4, -0.2) is 39.6 Å². The Labute approximate surface area is 164 Å². The summed E-state index contributed by atoms with van der Waals surface area (Å²) in [7, 11) is 3.51. The molecular weight excluding hydrogens is 350 g/mol. The molecule has 2 aliphatic rings. The molecule has 3 aromatic rings. The summed E-state index contributed by atoms with van der Waals surface area (Å²) < 4.78 is 2.20. The van der Waals surface area contributed by atoms with E-state index in [1.165, 1.54) is 11.1 Å². The molecular formula is C23H23N3O2. The van der Waals surface area contributed by atoms with E-state index in [2.05, 4.69) is 33.8 Å². The highest BCUT2D eigenvalue weighted by molar-refractivity contribution is 5.94. The number of benzene rings is 2. The third kappa shape index (κ3) is 2.43. The molecule has 5 nitrogen and oxygen atoms in total. The summed E-state index contributed by atoms with van der Waals surface area (Å²) in [6, 6.07) is 14.2. The minimum atomic E-state index is -0.571. The number of hydrogen-bond donors (Lipinski definition) is 1. The maximum absolute atomic E-state index is 12.3. The first-order valence-corrected chi connectivity index (χ1v) is 9.70. The summed E-state index contributed by atoms with van der Waals surface area (Å²) in [4.78, 5) is 18.2. The molecule has 0 fully saturated rings. The lowest BCUT2D eigenvalue weighted by atomic mass is 9.75. The SMILES string of the molecule is CN(C)C(=O)c1ccc2c(c1)CC[C@@H]([C@H]1c3ccccc3-c3cncn31)[C@@H]2O. The van der Waals surface area contributed by atoms with E-state index in [9.17, 15) is 9.90 Å². The summed E-state index contributed by atoms with van der Waals surface area (Å²) in [6.07, 6.45) is 4.93. The van der Waals surface area contributed by atoms with E-state index in [0.717, 1.165) is 29.7 Å². The molecule has 142 valence electrons. The first-order valence-electron chi connectivity index (χ1n) is 9.70. The molecule has 0 unspecified atom stereocenters. The van der Waals surface area contributed by atoms with Gasteiger partial charge in [-0.1, -0.05) is 30.3 Å². The molecule has 0 spiro atoms. The quantitative estimate of drug-likeness (QED) is 0.748. The molecule has 5 rings (SSSR count). The van der Waals surface area contributed by atoms with Gasteiger partial charge in [-0.3, -0.25) is 4.79 Å². The van der Waals surface area contributed by atoms with E-state index >= 15 is 0 Å². The third-order valence-corrected chi connectivity index (χ3v) is 6.19. The Morgan fingerprint density at radius 1 is 1.18 bits per heavy atom. The second-order valence-corrected chi connectivity index (χ2v) is 7.98. The number of aryl methyl sites for hydroxylation is 1. The molecule has 0 bridgehead atoms. The zero-order valence-electron chi connectivity index (χ0n) is 16.0. The molecule has 1 aliphatic carbocycles. The van der Waals surface area contributed by atoms with Gasteiger partial charge in [0.15, 0.2) is 0 Å². The van der Waals surface area contributed by atoms with Crippen LogP contribution in [0, 0.1) is 5.92 Å². The van der Waals surface area contributed by atoms with Gasteiger partial charge in [0.1, 0.15) is 0 Å². The first-order chi connectivity index (χ1) is 13.6. The number of carbonyl (C=O) groups excluding carboxylic acids is 1. The van der Waals surface area contributed by atoms with Crippen molar-refractivity contribution < 1.29 is 9.90 Å². The van der Waals surface area contributed by atoms with Crippen molar-refractivity contribution in [1.82, 2.24) is 14.5 Å². The smallest absolute Gasteiger partial charge is 0.253 e. The van der Waals surface area contributed by atoms with Crippen molar-refractivity contribution >= 4 is 5.91 Å². The lowest BCUT2D eigenvalue weighted by Gasteiger charge is -2.35. The van der Waals surface area contributed by atoms with Crippen LogP contribution in [0.25, 0.3) is 11.3 Å². The van der Waals surface area contributed by atoms with Crippen molar-refractivity contribution in [3.63, 3.8) is 0 Å². The minimum absolute atomic E-state index is 0.00723. The van der Waals surface area contributed by atoms with E-state index in [1.807, 2.05) is 30.7 Å². The number of fused-ring (bicyclic) bond motifs is 4. The second-order valence-electron chi connectivity index (χ2n) is 7.98. The van der Waals surface area contributed by atoms with Crippen LogP contribution < -0.4 is 0 Å². The average molecular weight is 373 g/mol. The predicted octanol–water partition coefficient (Wildman–Crippen LogP) is 3.45. The zero-order valence-corrected chi connectivity index (χ0v) is 16.0. The fourth-order valence-corrected chi connectivity index (χ4v) is 4.85.